The third-order valence-electron chi connectivity index (χ3n) is 4.55. The summed E-state index contributed by atoms with van der Waals surface area (Å²) in [7, 11) is -3.66. The van der Waals surface area contributed by atoms with E-state index in [0.29, 0.717) is 22.8 Å². The van der Waals surface area contributed by atoms with Crippen molar-refractivity contribution in [2.75, 3.05) is 17.1 Å². The molecule has 7 heteroatoms. The second-order valence-electron chi connectivity index (χ2n) is 6.57. The molecule has 146 valence electrons. The predicted molar refractivity (Wildman–Crippen MR) is 114 cm³/mol. The summed E-state index contributed by atoms with van der Waals surface area (Å²) in [6.07, 6.45) is 1.07. The number of benzene rings is 3. The van der Waals surface area contributed by atoms with Crippen molar-refractivity contribution in [2.45, 2.75) is 13.5 Å². The minimum atomic E-state index is -3.66. The molecule has 0 saturated carbocycles. The van der Waals surface area contributed by atoms with Crippen LogP contribution in [0.25, 0.3) is 10.8 Å². The molecule has 0 aromatic heterocycles. The van der Waals surface area contributed by atoms with E-state index in [4.69, 9.17) is 11.6 Å². The number of nitrogens with one attached hydrogen (secondary N) is 1. The monoisotopic (exact) mass is 416 g/mol. The SMILES string of the molecule is Cc1c(Cl)cccc1N(CC(=O)NCc1cccc2ccccc12)S(C)(=O)=O. The lowest BCUT2D eigenvalue weighted by molar-refractivity contribution is -0.119. The molecule has 0 aliphatic rings. The van der Waals surface area contributed by atoms with Gasteiger partial charge in [0, 0.05) is 11.6 Å². The van der Waals surface area contributed by atoms with E-state index in [1.165, 1.54) is 0 Å². The second-order valence-corrected chi connectivity index (χ2v) is 8.88. The number of rotatable bonds is 6. The first-order chi connectivity index (χ1) is 13.3. The van der Waals surface area contributed by atoms with Gasteiger partial charge >= 0.3 is 0 Å². The summed E-state index contributed by atoms with van der Waals surface area (Å²) < 4.78 is 25.6. The molecule has 0 radical (unpaired) electrons. The van der Waals surface area contributed by atoms with Crippen LogP contribution < -0.4 is 9.62 Å². The average Bonchev–Trinajstić information content (AvgIpc) is 2.66. The molecular weight excluding hydrogens is 396 g/mol. The molecule has 0 unspecified atom stereocenters. The van der Waals surface area contributed by atoms with E-state index < -0.39 is 15.9 Å². The topological polar surface area (TPSA) is 66.5 Å². The van der Waals surface area contributed by atoms with Crippen molar-refractivity contribution in [3.05, 3.63) is 76.8 Å². The summed E-state index contributed by atoms with van der Waals surface area (Å²) in [5, 5.41) is 5.40. The van der Waals surface area contributed by atoms with Crippen LogP contribution in [-0.4, -0.2) is 27.1 Å². The van der Waals surface area contributed by atoms with Crippen molar-refractivity contribution < 1.29 is 13.2 Å². The number of anilines is 1. The summed E-state index contributed by atoms with van der Waals surface area (Å²) >= 11 is 6.12. The molecule has 5 nitrogen and oxygen atoms in total. The van der Waals surface area contributed by atoms with Gasteiger partial charge in [0.2, 0.25) is 15.9 Å². The Morgan fingerprint density at radius 2 is 1.71 bits per heavy atom. The standard InChI is InChI=1S/C21H21ClN2O3S/c1-15-19(22)11-6-12-20(15)24(28(2,26)27)14-21(25)23-13-17-9-5-8-16-7-3-4-10-18(16)17/h3-12H,13-14H2,1-2H3,(H,23,25). The molecule has 0 saturated heterocycles. The van der Waals surface area contributed by atoms with Gasteiger partial charge < -0.3 is 5.32 Å². The zero-order valence-corrected chi connectivity index (χ0v) is 17.2. The van der Waals surface area contributed by atoms with Crippen LogP contribution in [0, 0.1) is 6.92 Å². The Bertz CT molecular complexity index is 1120. The lowest BCUT2D eigenvalue weighted by Gasteiger charge is -2.24. The van der Waals surface area contributed by atoms with Crippen LogP contribution in [0.4, 0.5) is 5.69 Å². The van der Waals surface area contributed by atoms with Crippen LogP contribution >= 0.6 is 11.6 Å². The first-order valence-corrected chi connectivity index (χ1v) is 11.0. The number of hydrogen-bond donors (Lipinski definition) is 1. The zero-order valence-electron chi connectivity index (χ0n) is 15.6. The molecule has 0 spiro atoms. The van der Waals surface area contributed by atoms with Crippen LogP contribution in [-0.2, 0) is 21.4 Å². The Morgan fingerprint density at radius 1 is 1.04 bits per heavy atom. The molecule has 0 fully saturated rings. The molecular formula is C21H21ClN2O3S. The quantitative estimate of drug-likeness (QED) is 0.663. The Labute approximate surface area is 170 Å². The van der Waals surface area contributed by atoms with Gasteiger partial charge in [0.25, 0.3) is 0 Å². The van der Waals surface area contributed by atoms with Crippen molar-refractivity contribution in [1.82, 2.24) is 5.32 Å². The summed E-state index contributed by atoms with van der Waals surface area (Å²) in [5.74, 6) is -0.391. The van der Waals surface area contributed by atoms with E-state index >= 15 is 0 Å². The number of carbonyl (C=O) groups excluding carboxylic acids is 1. The number of fused-ring (bicyclic) bond motifs is 1. The van der Waals surface area contributed by atoms with Crippen LogP contribution in [0.3, 0.4) is 0 Å². The molecule has 0 heterocycles. The molecule has 28 heavy (non-hydrogen) atoms. The number of carbonyl (C=O) groups is 1. The number of hydrogen-bond acceptors (Lipinski definition) is 3. The Hall–Kier alpha value is -2.57. The highest BCUT2D eigenvalue weighted by molar-refractivity contribution is 7.92. The Kier molecular flexibility index (Phi) is 5.91. The molecule has 3 aromatic carbocycles. The smallest absolute Gasteiger partial charge is 0.241 e. The number of amides is 1. The van der Waals surface area contributed by atoms with Gasteiger partial charge in [-0.15, -0.1) is 0 Å². The molecule has 0 aliphatic heterocycles. The fourth-order valence-electron chi connectivity index (χ4n) is 3.07. The van der Waals surface area contributed by atoms with Crippen molar-refractivity contribution in [2.24, 2.45) is 0 Å². The van der Waals surface area contributed by atoms with Gasteiger partial charge in [-0.05, 0) is 41.0 Å². The molecule has 3 aromatic rings. The highest BCUT2D eigenvalue weighted by Crippen LogP contribution is 2.28. The summed E-state index contributed by atoms with van der Waals surface area (Å²) in [5.41, 5.74) is 1.98. The van der Waals surface area contributed by atoms with E-state index in [1.54, 1.807) is 25.1 Å². The van der Waals surface area contributed by atoms with Crippen molar-refractivity contribution in [1.29, 1.82) is 0 Å². The maximum absolute atomic E-state index is 12.5. The van der Waals surface area contributed by atoms with Crippen molar-refractivity contribution in [3.8, 4) is 0 Å². The highest BCUT2D eigenvalue weighted by Gasteiger charge is 2.23. The summed E-state index contributed by atoms with van der Waals surface area (Å²) in [6, 6.07) is 18.8. The lowest BCUT2D eigenvalue weighted by Crippen LogP contribution is -2.40. The van der Waals surface area contributed by atoms with Crippen LogP contribution in [0.15, 0.2) is 60.7 Å². The third kappa shape index (κ3) is 4.46. The largest absolute Gasteiger partial charge is 0.350 e. The maximum Gasteiger partial charge on any atom is 0.241 e. The van der Waals surface area contributed by atoms with Gasteiger partial charge in [0.05, 0.1) is 11.9 Å². The fourth-order valence-corrected chi connectivity index (χ4v) is 4.15. The number of nitrogens with zero attached hydrogens (tertiary/aromatic N) is 1. The zero-order chi connectivity index (χ0) is 20.3. The van der Waals surface area contributed by atoms with E-state index in [1.807, 2.05) is 42.5 Å². The fraction of sp³-hybridized carbons (Fsp3) is 0.190. The average molecular weight is 417 g/mol. The number of halogens is 1. The third-order valence-corrected chi connectivity index (χ3v) is 6.09. The summed E-state index contributed by atoms with van der Waals surface area (Å²) in [4.78, 5) is 12.5. The van der Waals surface area contributed by atoms with Gasteiger partial charge in [-0.2, -0.15) is 0 Å². The Balaban J connectivity index is 1.79. The van der Waals surface area contributed by atoms with Gasteiger partial charge in [-0.3, -0.25) is 9.10 Å². The molecule has 1 amide bonds. The van der Waals surface area contributed by atoms with E-state index in [2.05, 4.69) is 5.32 Å². The highest BCUT2D eigenvalue weighted by atomic mass is 35.5. The van der Waals surface area contributed by atoms with Gasteiger partial charge in [-0.1, -0.05) is 60.1 Å². The first-order valence-electron chi connectivity index (χ1n) is 8.73. The Morgan fingerprint density at radius 3 is 2.46 bits per heavy atom. The number of sulfonamides is 1. The van der Waals surface area contributed by atoms with Crippen LogP contribution in [0.5, 0.6) is 0 Å². The minimum Gasteiger partial charge on any atom is -0.350 e. The van der Waals surface area contributed by atoms with Crippen LogP contribution in [0.1, 0.15) is 11.1 Å². The van der Waals surface area contributed by atoms with Gasteiger partial charge in [0.15, 0.2) is 0 Å². The van der Waals surface area contributed by atoms with E-state index in [0.717, 1.165) is 26.9 Å². The first kappa shape index (κ1) is 20.2. The van der Waals surface area contributed by atoms with Gasteiger partial charge in [0.1, 0.15) is 6.54 Å². The van der Waals surface area contributed by atoms with Crippen molar-refractivity contribution in [3.63, 3.8) is 0 Å². The normalized spacial score (nSPS) is 11.4. The molecule has 0 bridgehead atoms. The predicted octanol–water partition coefficient (Wildman–Crippen LogP) is 3.88. The summed E-state index contributed by atoms with van der Waals surface area (Å²) in [6.45, 7) is 1.72. The van der Waals surface area contributed by atoms with Crippen molar-refractivity contribution >= 4 is 44.0 Å². The van der Waals surface area contributed by atoms with Crippen LogP contribution in [0.2, 0.25) is 5.02 Å². The molecule has 1 N–H and O–H groups in total. The molecule has 0 aliphatic carbocycles. The second kappa shape index (κ2) is 8.20. The minimum absolute atomic E-state index is 0.312. The van der Waals surface area contributed by atoms with E-state index in [9.17, 15) is 13.2 Å². The molecule has 3 rings (SSSR count). The lowest BCUT2D eigenvalue weighted by atomic mass is 10.0. The van der Waals surface area contributed by atoms with E-state index in [-0.39, 0.29) is 6.54 Å². The maximum atomic E-state index is 12.5. The molecule has 0 atom stereocenters. The van der Waals surface area contributed by atoms with Gasteiger partial charge in [-0.25, -0.2) is 8.42 Å².